The van der Waals surface area contributed by atoms with Gasteiger partial charge in [0.25, 0.3) is 0 Å². The molecule has 2 atom stereocenters. The van der Waals surface area contributed by atoms with E-state index in [0.717, 1.165) is 31.7 Å². The molecule has 2 unspecified atom stereocenters. The van der Waals surface area contributed by atoms with Crippen LogP contribution in [0, 0.1) is 17.3 Å². The van der Waals surface area contributed by atoms with Crippen molar-refractivity contribution >= 4 is 11.7 Å². The summed E-state index contributed by atoms with van der Waals surface area (Å²) >= 11 is 0. The Labute approximate surface area is 157 Å². The van der Waals surface area contributed by atoms with E-state index in [1.807, 2.05) is 0 Å². The number of carbonyl (C=O) groups is 1. The molecule has 0 radical (unpaired) electrons. The lowest BCUT2D eigenvalue weighted by Crippen LogP contribution is -2.31. The Kier molecular flexibility index (Phi) is 5.06. The van der Waals surface area contributed by atoms with Crippen molar-refractivity contribution in [3.8, 4) is 0 Å². The molecule has 1 aliphatic heterocycles. The molecule has 2 saturated carbocycles. The summed E-state index contributed by atoms with van der Waals surface area (Å²) in [4.78, 5) is 12.4. The quantitative estimate of drug-likeness (QED) is 0.420. The summed E-state index contributed by atoms with van der Waals surface area (Å²) in [7, 11) is 0. The van der Waals surface area contributed by atoms with Crippen LogP contribution in [0.2, 0.25) is 0 Å². The van der Waals surface area contributed by atoms with Gasteiger partial charge in [-0.25, -0.2) is 0 Å². The number of fused-ring (bicyclic) bond motifs is 1. The molecule has 2 aliphatic carbocycles. The molecule has 140 valence electrons. The molecule has 4 rings (SSSR count). The minimum Gasteiger partial charge on any atom is -0.465 e. The number of esters is 1. The number of hydrogen-bond acceptors (Lipinski definition) is 3. The Morgan fingerprint density at radius 3 is 2.73 bits per heavy atom. The number of benzene rings is 1. The van der Waals surface area contributed by atoms with Gasteiger partial charge in [-0.05, 0) is 55.7 Å². The fourth-order valence-electron chi connectivity index (χ4n) is 5.29. The Morgan fingerprint density at radius 2 is 1.96 bits per heavy atom. The zero-order valence-electron chi connectivity index (χ0n) is 15.8. The van der Waals surface area contributed by atoms with Gasteiger partial charge in [-0.2, -0.15) is 0 Å². The van der Waals surface area contributed by atoms with E-state index in [4.69, 9.17) is 4.74 Å². The van der Waals surface area contributed by atoms with Gasteiger partial charge in [0.2, 0.25) is 0 Å². The van der Waals surface area contributed by atoms with E-state index in [1.165, 1.54) is 55.3 Å². The molecule has 1 saturated heterocycles. The van der Waals surface area contributed by atoms with E-state index in [2.05, 4.69) is 36.2 Å². The highest BCUT2D eigenvalue weighted by atomic mass is 16.5. The van der Waals surface area contributed by atoms with Crippen LogP contribution in [0.15, 0.2) is 36.4 Å². The number of ether oxygens (including phenoxy) is 1. The monoisotopic (exact) mass is 353 g/mol. The summed E-state index contributed by atoms with van der Waals surface area (Å²) in [5.74, 6) is 1.27. The van der Waals surface area contributed by atoms with Crippen LogP contribution < -0.4 is 5.32 Å². The molecule has 1 heterocycles. The minimum atomic E-state index is -0.354. The van der Waals surface area contributed by atoms with Crippen molar-refractivity contribution in [3.05, 3.63) is 42.0 Å². The first-order chi connectivity index (χ1) is 12.7. The summed E-state index contributed by atoms with van der Waals surface area (Å²) in [5.41, 5.74) is 3.25. The molecular formula is C23H31NO2. The van der Waals surface area contributed by atoms with Crippen molar-refractivity contribution in [2.45, 2.75) is 57.8 Å². The average molecular weight is 354 g/mol. The van der Waals surface area contributed by atoms with Gasteiger partial charge in [-0.15, -0.1) is 0 Å². The number of hydrogen-bond donors (Lipinski definition) is 1. The van der Waals surface area contributed by atoms with Crippen LogP contribution in [0.1, 0.15) is 56.9 Å². The van der Waals surface area contributed by atoms with E-state index in [1.54, 1.807) is 0 Å². The molecule has 1 aromatic carbocycles. The molecule has 0 aromatic heterocycles. The van der Waals surface area contributed by atoms with Gasteiger partial charge in [0.15, 0.2) is 0 Å². The van der Waals surface area contributed by atoms with Crippen LogP contribution in [0.4, 0.5) is 5.69 Å². The van der Waals surface area contributed by atoms with Crippen LogP contribution >= 0.6 is 0 Å². The minimum absolute atomic E-state index is 0.0183. The highest BCUT2D eigenvalue weighted by Crippen LogP contribution is 2.52. The summed E-state index contributed by atoms with van der Waals surface area (Å²) in [6, 6.07) is 8.64. The highest BCUT2D eigenvalue weighted by molar-refractivity contribution is 5.81. The number of rotatable bonds is 7. The van der Waals surface area contributed by atoms with Crippen molar-refractivity contribution in [3.63, 3.8) is 0 Å². The van der Waals surface area contributed by atoms with Crippen molar-refractivity contribution in [2.24, 2.45) is 17.3 Å². The average Bonchev–Trinajstić information content (AvgIpc) is 3.32. The Bertz CT molecular complexity index is 659. The topological polar surface area (TPSA) is 38.3 Å². The number of carbonyl (C=O) groups excluding carboxylic acids is 1. The predicted molar refractivity (Wildman–Crippen MR) is 105 cm³/mol. The van der Waals surface area contributed by atoms with Gasteiger partial charge in [-0.1, -0.05) is 50.0 Å². The van der Waals surface area contributed by atoms with Crippen LogP contribution in [0.5, 0.6) is 0 Å². The van der Waals surface area contributed by atoms with Gasteiger partial charge in [0.1, 0.15) is 0 Å². The van der Waals surface area contributed by atoms with Crippen molar-refractivity contribution in [2.75, 3.05) is 18.5 Å². The van der Waals surface area contributed by atoms with Gasteiger partial charge in [-0.3, -0.25) is 4.79 Å². The lowest BCUT2D eigenvalue weighted by Gasteiger charge is -2.24. The maximum absolute atomic E-state index is 12.4. The van der Waals surface area contributed by atoms with E-state index in [9.17, 15) is 4.79 Å². The van der Waals surface area contributed by atoms with Crippen molar-refractivity contribution < 1.29 is 9.53 Å². The standard InChI is InChI=1S/C23H31NO2/c1-17-13-20-16-26-22(25)23(20,14-17)15-19-8-10-21(11-9-19)24-12-4-7-18-5-2-3-6-18/h8-11,18,20,24H,1-7,12-16H2. The second-order valence-corrected chi connectivity index (χ2v) is 8.68. The highest BCUT2D eigenvalue weighted by Gasteiger charge is 2.55. The van der Waals surface area contributed by atoms with Crippen LogP contribution in [0.25, 0.3) is 0 Å². The lowest BCUT2D eigenvalue weighted by atomic mass is 9.75. The summed E-state index contributed by atoms with van der Waals surface area (Å²) in [6.07, 6.45) is 10.9. The molecule has 0 amide bonds. The zero-order chi connectivity index (χ0) is 18.0. The maximum atomic E-state index is 12.4. The molecule has 1 aromatic rings. The summed E-state index contributed by atoms with van der Waals surface area (Å²) in [5, 5.41) is 3.54. The molecule has 3 nitrogen and oxygen atoms in total. The normalized spacial score (nSPS) is 28.4. The van der Waals surface area contributed by atoms with E-state index < -0.39 is 0 Å². The maximum Gasteiger partial charge on any atom is 0.313 e. The van der Waals surface area contributed by atoms with Crippen LogP contribution in [0.3, 0.4) is 0 Å². The summed E-state index contributed by atoms with van der Waals surface area (Å²) < 4.78 is 5.38. The fourth-order valence-corrected chi connectivity index (χ4v) is 5.29. The molecule has 0 spiro atoms. The van der Waals surface area contributed by atoms with E-state index in [-0.39, 0.29) is 11.4 Å². The first-order valence-corrected chi connectivity index (χ1v) is 10.3. The molecule has 1 N–H and O–H groups in total. The summed E-state index contributed by atoms with van der Waals surface area (Å²) in [6.45, 7) is 5.74. The van der Waals surface area contributed by atoms with Crippen LogP contribution in [-0.4, -0.2) is 19.1 Å². The second-order valence-electron chi connectivity index (χ2n) is 8.68. The second kappa shape index (κ2) is 7.46. The number of nitrogens with one attached hydrogen (secondary N) is 1. The molecule has 3 fully saturated rings. The van der Waals surface area contributed by atoms with Crippen LogP contribution in [-0.2, 0) is 16.0 Å². The molecular weight excluding hydrogens is 322 g/mol. The van der Waals surface area contributed by atoms with Gasteiger partial charge >= 0.3 is 5.97 Å². The number of cyclic esters (lactones) is 1. The molecule has 3 aliphatic rings. The molecule has 26 heavy (non-hydrogen) atoms. The molecule has 0 bridgehead atoms. The predicted octanol–water partition coefficient (Wildman–Crippen LogP) is 5.12. The van der Waals surface area contributed by atoms with Gasteiger partial charge < -0.3 is 10.1 Å². The first-order valence-electron chi connectivity index (χ1n) is 10.3. The van der Waals surface area contributed by atoms with Gasteiger partial charge in [0, 0.05) is 18.2 Å². The Hall–Kier alpha value is -1.77. The smallest absolute Gasteiger partial charge is 0.313 e. The zero-order valence-corrected chi connectivity index (χ0v) is 15.8. The third-order valence-electron chi connectivity index (χ3n) is 6.77. The Balaban J connectivity index is 1.30. The third kappa shape index (κ3) is 3.54. The van der Waals surface area contributed by atoms with Crippen molar-refractivity contribution in [1.82, 2.24) is 0 Å². The molecule has 3 heteroatoms. The van der Waals surface area contributed by atoms with Gasteiger partial charge in [0.05, 0.1) is 12.0 Å². The van der Waals surface area contributed by atoms with E-state index >= 15 is 0 Å². The first kappa shape index (κ1) is 17.6. The SMILES string of the molecule is C=C1CC2COC(=O)C2(Cc2ccc(NCCCC3CCCC3)cc2)C1. The van der Waals surface area contributed by atoms with Crippen molar-refractivity contribution in [1.29, 1.82) is 0 Å². The fraction of sp³-hybridized carbons (Fsp3) is 0.609. The Morgan fingerprint density at radius 1 is 1.19 bits per heavy atom. The number of allylic oxidation sites excluding steroid dienone is 1. The largest absolute Gasteiger partial charge is 0.465 e. The third-order valence-corrected chi connectivity index (χ3v) is 6.77. The number of anilines is 1. The lowest BCUT2D eigenvalue weighted by molar-refractivity contribution is -0.146. The van der Waals surface area contributed by atoms with E-state index in [0.29, 0.717) is 12.5 Å².